The highest BCUT2D eigenvalue weighted by Gasteiger charge is 2.52. The highest BCUT2D eigenvalue weighted by molar-refractivity contribution is 6.99. The van der Waals surface area contributed by atoms with Crippen molar-refractivity contribution in [1.82, 2.24) is 20.9 Å². The third-order valence-corrected chi connectivity index (χ3v) is 16.6. The fourth-order valence-electron chi connectivity index (χ4n) is 8.07. The molecule has 11 heteroatoms. The van der Waals surface area contributed by atoms with Crippen LogP contribution in [0.1, 0.15) is 92.1 Å². The summed E-state index contributed by atoms with van der Waals surface area (Å²) in [4.78, 5) is 71.0. The molecule has 3 N–H and O–H groups in total. The van der Waals surface area contributed by atoms with Gasteiger partial charge in [0.2, 0.25) is 23.6 Å². The molecule has 304 valence electrons. The fraction of sp³-hybridized carbons (Fsp3) is 0.457. The lowest BCUT2D eigenvalue weighted by Gasteiger charge is -2.44. The van der Waals surface area contributed by atoms with Crippen molar-refractivity contribution in [3.05, 3.63) is 109 Å². The van der Waals surface area contributed by atoms with Gasteiger partial charge in [-0.3, -0.25) is 24.0 Å². The quantitative estimate of drug-likeness (QED) is 0.153. The number of nitrogens with zero attached hydrogens (tertiary/aromatic N) is 1. The Hall–Kier alpha value is -4.87. The first kappa shape index (κ1) is 43.3. The number of fused-ring (bicyclic) bond motifs is 1. The number of carbonyl (C=O) groups excluding carboxylic acids is 5. The van der Waals surface area contributed by atoms with Gasteiger partial charge in [-0.05, 0) is 66.4 Å². The van der Waals surface area contributed by atoms with Gasteiger partial charge in [-0.2, -0.15) is 0 Å². The summed E-state index contributed by atoms with van der Waals surface area (Å²) in [6.45, 7) is 12.4. The predicted molar refractivity (Wildman–Crippen MR) is 226 cm³/mol. The Morgan fingerprint density at radius 2 is 1.46 bits per heavy atom. The number of hydrogen-bond donors (Lipinski definition) is 3. The minimum absolute atomic E-state index is 0.0277. The van der Waals surface area contributed by atoms with E-state index in [4.69, 9.17) is 4.43 Å². The van der Waals surface area contributed by atoms with Crippen molar-refractivity contribution in [2.24, 2.45) is 0 Å². The van der Waals surface area contributed by atoms with Crippen LogP contribution < -0.4 is 26.3 Å². The third-order valence-electron chi connectivity index (χ3n) is 11.5. The van der Waals surface area contributed by atoms with E-state index < -0.39 is 55.8 Å². The number of hydrogen-bond acceptors (Lipinski definition) is 6. The molecule has 5 atom stereocenters. The molecule has 0 aromatic heterocycles. The second-order valence-electron chi connectivity index (χ2n) is 16.5. The first-order valence-electron chi connectivity index (χ1n) is 20.5. The van der Waals surface area contributed by atoms with Gasteiger partial charge < -0.3 is 25.3 Å². The Labute approximate surface area is 339 Å². The van der Waals surface area contributed by atoms with E-state index in [2.05, 4.69) is 61.0 Å². The first-order valence-corrected chi connectivity index (χ1v) is 22.4. The lowest BCUT2D eigenvalue weighted by molar-refractivity contribution is -0.144. The molecule has 0 saturated carbocycles. The Morgan fingerprint density at radius 1 is 0.860 bits per heavy atom. The van der Waals surface area contributed by atoms with Crippen LogP contribution in [0.15, 0.2) is 103 Å². The summed E-state index contributed by atoms with van der Waals surface area (Å²) >= 11 is 0. The van der Waals surface area contributed by atoms with Gasteiger partial charge in [-0.1, -0.05) is 138 Å². The lowest BCUT2D eigenvalue weighted by Crippen LogP contribution is -2.68. The second kappa shape index (κ2) is 19.0. The summed E-state index contributed by atoms with van der Waals surface area (Å²) in [5, 5.41) is 10.7. The topological polar surface area (TPSA) is 134 Å². The molecular formula is C46H60N4O6Si. The number of carbonyl (C=O) groups is 5. The van der Waals surface area contributed by atoms with E-state index >= 15 is 0 Å². The van der Waals surface area contributed by atoms with Gasteiger partial charge in [0, 0.05) is 19.4 Å². The van der Waals surface area contributed by atoms with Crippen LogP contribution in [0.4, 0.5) is 0 Å². The lowest BCUT2D eigenvalue weighted by atomic mass is 9.94. The standard InChI is InChI=1S/C46H60N4O6Si/c1-7-40(56-57(45(3,4)5,34-24-15-10-16-25-34)35-26-17-11-18-27-35)39(51)30-20-12-19-28-36-41(52)49-46(6,8-2)44(55)48-37(32-33-22-13-9-14-23-33)43(54)50-31-21-29-38(50)42(53)47-36/h9-18,20,22-27,36-38,40H,7-8,19,21,28-32H2,1-6H3,(H,47,53)(H,48,55)(H,49,52)/t36-,37-,38+,40+,46-/m0/s1. The molecule has 2 aliphatic heterocycles. The highest BCUT2D eigenvalue weighted by Crippen LogP contribution is 2.38. The summed E-state index contributed by atoms with van der Waals surface area (Å²) in [5.41, 5.74) is -0.459. The minimum Gasteiger partial charge on any atom is -0.397 e. The van der Waals surface area contributed by atoms with Gasteiger partial charge in [0.15, 0.2) is 5.78 Å². The summed E-state index contributed by atoms with van der Waals surface area (Å²) in [6, 6.07) is 27.3. The van der Waals surface area contributed by atoms with Crippen molar-refractivity contribution in [1.29, 1.82) is 0 Å². The van der Waals surface area contributed by atoms with E-state index in [1.54, 1.807) is 18.7 Å². The number of rotatable bonds is 14. The van der Waals surface area contributed by atoms with Crippen LogP contribution in [-0.2, 0) is 34.8 Å². The maximum atomic E-state index is 14.0. The largest absolute Gasteiger partial charge is 0.397 e. The van der Waals surface area contributed by atoms with Gasteiger partial charge in [-0.15, -0.1) is 0 Å². The number of allylic oxidation sites excluding steroid dienone is 2. The van der Waals surface area contributed by atoms with E-state index in [-0.39, 0.29) is 42.4 Å². The number of Topliss-reactive ketones (excluding diaryl/α,β-unsaturated/α-hetero) is 1. The molecule has 5 rings (SSSR count). The van der Waals surface area contributed by atoms with Crippen molar-refractivity contribution >= 4 is 48.1 Å². The monoisotopic (exact) mass is 792 g/mol. The molecule has 2 fully saturated rings. The summed E-state index contributed by atoms with van der Waals surface area (Å²) < 4.78 is 7.14. The SMILES string of the molecule is CC[C@@H](O[Si](c1ccccc1)(c1ccccc1)C(C)(C)C)C(=O)CC=CCC[C@@H]1NC(=O)[C@H]2CCCN2C(=O)[C@H](Cc2ccccc2)NC(=O)[C@](C)(CC)NC1=O. The molecule has 2 heterocycles. The Kier molecular flexibility index (Phi) is 14.5. The van der Waals surface area contributed by atoms with Crippen LogP contribution in [0.5, 0.6) is 0 Å². The molecule has 4 amide bonds. The summed E-state index contributed by atoms with van der Waals surface area (Å²) in [5.74, 6) is -1.68. The number of amides is 4. The molecule has 0 aliphatic carbocycles. The molecule has 10 nitrogen and oxygen atoms in total. The second-order valence-corrected chi connectivity index (χ2v) is 20.8. The van der Waals surface area contributed by atoms with E-state index in [9.17, 15) is 24.0 Å². The zero-order valence-corrected chi connectivity index (χ0v) is 35.4. The molecule has 0 radical (unpaired) electrons. The maximum absolute atomic E-state index is 14.0. The third kappa shape index (κ3) is 9.99. The Bertz CT molecular complexity index is 1840. The van der Waals surface area contributed by atoms with Gasteiger partial charge in [0.25, 0.3) is 8.32 Å². The van der Waals surface area contributed by atoms with Gasteiger partial charge >= 0.3 is 0 Å². The predicted octanol–water partition coefficient (Wildman–Crippen LogP) is 5.14. The minimum atomic E-state index is -2.95. The van der Waals surface area contributed by atoms with Crippen LogP contribution in [-0.4, -0.2) is 78.9 Å². The number of benzene rings is 3. The van der Waals surface area contributed by atoms with Crippen molar-refractivity contribution in [3.8, 4) is 0 Å². The Balaban J connectivity index is 1.30. The van der Waals surface area contributed by atoms with Crippen LogP contribution in [0.3, 0.4) is 0 Å². The van der Waals surface area contributed by atoms with Crippen molar-refractivity contribution in [2.75, 3.05) is 6.54 Å². The van der Waals surface area contributed by atoms with Crippen LogP contribution in [0.25, 0.3) is 0 Å². The van der Waals surface area contributed by atoms with Crippen LogP contribution >= 0.6 is 0 Å². The molecule has 3 aromatic carbocycles. The average Bonchev–Trinajstić information content (AvgIpc) is 3.71. The van der Waals surface area contributed by atoms with Gasteiger partial charge in [-0.25, -0.2) is 0 Å². The van der Waals surface area contributed by atoms with Crippen LogP contribution in [0.2, 0.25) is 5.04 Å². The number of nitrogens with one attached hydrogen (secondary N) is 3. The van der Waals surface area contributed by atoms with Crippen molar-refractivity contribution < 1.29 is 28.4 Å². The molecule has 2 saturated heterocycles. The molecule has 57 heavy (non-hydrogen) atoms. The molecule has 2 aliphatic rings. The fourth-order valence-corrected chi connectivity index (χ4v) is 12.8. The maximum Gasteiger partial charge on any atom is 0.262 e. The van der Waals surface area contributed by atoms with Gasteiger partial charge in [0.05, 0.1) is 0 Å². The molecule has 0 unspecified atom stereocenters. The molecule has 3 aromatic rings. The highest BCUT2D eigenvalue weighted by atomic mass is 28.4. The summed E-state index contributed by atoms with van der Waals surface area (Å²) in [6.07, 6.45) is 5.94. The van der Waals surface area contributed by atoms with Crippen LogP contribution in [0, 0.1) is 0 Å². The van der Waals surface area contributed by atoms with E-state index in [1.165, 1.54) is 0 Å². The molecular weight excluding hydrogens is 733 g/mol. The zero-order valence-electron chi connectivity index (χ0n) is 34.4. The average molecular weight is 793 g/mol. The van der Waals surface area contributed by atoms with Crippen molar-refractivity contribution in [2.45, 2.75) is 128 Å². The Morgan fingerprint density at radius 3 is 2.02 bits per heavy atom. The van der Waals surface area contributed by atoms with Crippen molar-refractivity contribution in [3.63, 3.8) is 0 Å². The van der Waals surface area contributed by atoms with E-state index in [1.807, 2.05) is 85.8 Å². The summed E-state index contributed by atoms with van der Waals surface area (Å²) in [7, 11) is -2.95. The molecule has 0 bridgehead atoms. The molecule has 0 spiro atoms. The van der Waals surface area contributed by atoms with E-state index in [0.717, 1.165) is 15.9 Å². The van der Waals surface area contributed by atoms with Gasteiger partial charge in [0.1, 0.15) is 29.8 Å². The van der Waals surface area contributed by atoms with E-state index in [0.29, 0.717) is 32.2 Å². The smallest absolute Gasteiger partial charge is 0.262 e. The first-order chi connectivity index (χ1) is 27.2. The zero-order chi connectivity index (χ0) is 41.2. The normalized spacial score (nSPS) is 22.8. The number of ketones is 1.